The second-order valence-electron chi connectivity index (χ2n) is 11.7. The summed E-state index contributed by atoms with van der Waals surface area (Å²) in [4.78, 5) is 0. The van der Waals surface area contributed by atoms with Crippen LogP contribution in [0.1, 0.15) is 213 Å². The minimum Gasteiger partial charge on any atom is -0.0654 e. The lowest BCUT2D eigenvalue weighted by molar-refractivity contribution is 0.366. The van der Waals surface area contributed by atoms with Gasteiger partial charge < -0.3 is 0 Å². The number of hydrogen-bond donors (Lipinski definition) is 0. The average Bonchev–Trinajstić information content (AvgIpc) is 2.85. The molecule has 0 saturated heterocycles. The third kappa shape index (κ3) is 28.2. The molecular weight excluding hydrogens is 408 g/mol. The fourth-order valence-corrected chi connectivity index (χ4v) is 5.66. The van der Waals surface area contributed by atoms with Crippen LogP contribution in [-0.2, 0) is 0 Å². The molecule has 1 unspecified atom stereocenters. The van der Waals surface area contributed by atoms with Gasteiger partial charge >= 0.3 is 0 Å². The molecule has 0 amide bonds. The Morgan fingerprint density at radius 2 is 0.412 bits per heavy atom. The van der Waals surface area contributed by atoms with Gasteiger partial charge in [-0.05, 0) is 5.92 Å². The van der Waals surface area contributed by atoms with E-state index in [1.54, 1.807) is 0 Å². The molecule has 0 spiro atoms. The number of rotatable bonds is 30. The lowest BCUT2D eigenvalue weighted by Gasteiger charge is -2.17. The monoisotopic (exact) mass is 479 g/mol. The normalized spacial score (nSPS) is 12.4. The molecule has 0 bridgehead atoms. The molecule has 0 N–H and O–H groups in total. The van der Waals surface area contributed by atoms with Crippen LogP contribution in [-0.4, -0.2) is 0 Å². The molecular formula is C34H70. The van der Waals surface area contributed by atoms with E-state index in [-0.39, 0.29) is 0 Å². The van der Waals surface area contributed by atoms with Gasteiger partial charge in [-0.1, -0.05) is 213 Å². The Kier molecular flexibility index (Phi) is 31.0. The van der Waals surface area contributed by atoms with E-state index in [2.05, 4.69) is 20.8 Å². The summed E-state index contributed by atoms with van der Waals surface area (Å²) >= 11 is 0. The summed E-state index contributed by atoms with van der Waals surface area (Å²) in [5, 5.41) is 0. The molecule has 1 atom stereocenters. The number of unbranched alkanes of at least 4 members (excludes halogenated alkanes) is 24. The summed E-state index contributed by atoms with van der Waals surface area (Å²) in [7, 11) is 0. The van der Waals surface area contributed by atoms with Gasteiger partial charge in [-0.25, -0.2) is 0 Å². The summed E-state index contributed by atoms with van der Waals surface area (Å²) in [6.45, 7) is 6.97. The van der Waals surface area contributed by atoms with Crippen LogP contribution < -0.4 is 0 Å². The molecule has 0 nitrogen and oxygen atoms in total. The first kappa shape index (κ1) is 34.0. The van der Waals surface area contributed by atoms with Gasteiger partial charge in [-0.3, -0.25) is 0 Å². The molecule has 0 aliphatic carbocycles. The van der Waals surface area contributed by atoms with Crippen molar-refractivity contribution in [1.29, 1.82) is 0 Å². The minimum absolute atomic E-state index is 1.04. The van der Waals surface area contributed by atoms with Gasteiger partial charge in [0.15, 0.2) is 0 Å². The van der Waals surface area contributed by atoms with Crippen molar-refractivity contribution in [3.63, 3.8) is 0 Å². The summed E-state index contributed by atoms with van der Waals surface area (Å²) in [5.41, 5.74) is 0. The van der Waals surface area contributed by atoms with Gasteiger partial charge in [0.05, 0.1) is 0 Å². The highest BCUT2D eigenvalue weighted by Gasteiger charge is 2.08. The molecule has 0 heteroatoms. The maximum Gasteiger partial charge on any atom is -0.0414 e. The quantitative estimate of drug-likeness (QED) is 0.0900. The summed E-state index contributed by atoms with van der Waals surface area (Å²) in [5.74, 6) is 1.04. The SMILES string of the molecule is CCCCCCCCCCCCCCCCCCCC(CCCCCC)CCCCCCCC. The minimum atomic E-state index is 1.04. The van der Waals surface area contributed by atoms with Crippen LogP contribution in [0.15, 0.2) is 0 Å². The van der Waals surface area contributed by atoms with E-state index in [4.69, 9.17) is 0 Å². The molecule has 0 fully saturated rings. The Morgan fingerprint density at radius 3 is 0.647 bits per heavy atom. The average molecular weight is 479 g/mol. The highest BCUT2D eigenvalue weighted by molar-refractivity contribution is 4.62. The van der Waals surface area contributed by atoms with Crippen molar-refractivity contribution >= 4 is 0 Å². The van der Waals surface area contributed by atoms with Crippen molar-refractivity contribution in [2.24, 2.45) is 5.92 Å². The number of hydrogen-bond acceptors (Lipinski definition) is 0. The lowest BCUT2D eigenvalue weighted by Crippen LogP contribution is -2.01. The first-order chi connectivity index (χ1) is 16.8. The second-order valence-corrected chi connectivity index (χ2v) is 11.7. The van der Waals surface area contributed by atoms with E-state index in [9.17, 15) is 0 Å². The van der Waals surface area contributed by atoms with E-state index in [0.29, 0.717) is 0 Å². The highest BCUT2D eigenvalue weighted by Crippen LogP contribution is 2.24. The van der Waals surface area contributed by atoms with Crippen LogP contribution in [0.5, 0.6) is 0 Å². The van der Waals surface area contributed by atoms with Crippen LogP contribution in [0.3, 0.4) is 0 Å². The topological polar surface area (TPSA) is 0 Å². The van der Waals surface area contributed by atoms with E-state index in [1.165, 1.54) is 193 Å². The molecule has 0 aliphatic heterocycles. The van der Waals surface area contributed by atoms with Crippen LogP contribution in [0, 0.1) is 5.92 Å². The Labute approximate surface area is 219 Å². The smallest absolute Gasteiger partial charge is 0.0414 e. The van der Waals surface area contributed by atoms with Gasteiger partial charge in [0, 0.05) is 0 Å². The zero-order chi connectivity index (χ0) is 24.8. The third-order valence-electron chi connectivity index (χ3n) is 8.15. The molecule has 0 aromatic carbocycles. The molecule has 0 aromatic heterocycles. The summed E-state index contributed by atoms with van der Waals surface area (Å²) < 4.78 is 0. The van der Waals surface area contributed by atoms with Crippen LogP contribution in [0.2, 0.25) is 0 Å². The van der Waals surface area contributed by atoms with Crippen molar-refractivity contribution in [1.82, 2.24) is 0 Å². The fraction of sp³-hybridized carbons (Fsp3) is 1.00. The molecule has 0 heterocycles. The van der Waals surface area contributed by atoms with E-state index in [0.717, 1.165) is 5.92 Å². The van der Waals surface area contributed by atoms with Crippen LogP contribution in [0.4, 0.5) is 0 Å². The van der Waals surface area contributed by atoms with Gasteiger partial charge in [0.2, 0.25) is 0 Å². The Hall–Kier alpha value is 0. The van der Waals surface area contributed by atoms with Crippen molar-refractivity contribution < 1.29 is 0 Å². The highest BCUT2D eigenvalue weighted by atomic mass is 14.1. The van der Waals surface area contributed by atoms with Crippen molar-refractivity contribution in [3.05, 3.63) is 0 Å². The maximum atomic E-state index is 2.34. The zero-order valence-electron chi connectivity index (χ0n) is 24.8. The van der Waals surface area contributed by atoms with E-state index in [1.807, 2.05) is 0 Å². The molecule has 0 saturated carbocycles. The van der Waals surface area contributed by atoms with Gasteiger partial charge in [-0.15, -0.1) is 0 Å². The van der Waals surface area contributed by atoms with Crippen LogP contribution >= 0.6 is 0 Å². The van der Waals surface area contributed by atoms with Crippen molar-refractivity contribution in [2.75, 3.05) is 0 Å². The molecule has 0 aliphatic rings. The van der Waals surface area contributed by atoms with E-state index < -0.39 is 0 Å². The largest absolute Gasteiger partial charge is 0.0654 e. The third-order valence-corrected chi connectivity index (χ3v) is 8.15. The predicted molar refractivity (Wildman–Crippen MR) is 159 cm³/mol. The zero-order valence-corrected chi connectivity index (χ0v) is 24.8. The Bertz CT molecular complexity index is 333. The molecule has 34 heavy (non-hydrogen) atoms. The predicted octanol–water partition coefficient (Wildman–Crippen LogP) is 13.4. The molecule has 0 rings (SSSR count). The van der Waals surface area contributed by atoms with E-state index >= 15 is 0 Å². The summed E-state index contributed by atoms with van der Waals surface area (Å²) in [6, 6.07) is 0. The van der Waals surface area contributed by atoms with Crippen molar-refractivity contribution in [2.45, 2.75) is 213 Å². The molecule has 206 valence electrons. The Balaban J connectivity index is 3.51. The lowest BCUT2D eigenvalue weighted by atomic mass is 9.89. The first-order valence-electron chi connectivity index (χ1n) is 16.8. The maximum absolute atomic E-state index is 2.34. The van der Waals surface area contributed by atoms with Gasteiger partial charge in [0.25, 0.3) is 0 Å². The first-order valence-corrected chi connectivity index (χ1v) is 16.8. The van der Waals surface area contributed by atoms with Gasteiger partial charge in [0.1, 0.15) is 0 Å². The standard InChI is InChI=1S/C34H70/c1-4-7-10-13-15-16-17-18-19-20-21-22-23-24-25-27-30-33-34(31-28-12-9-6-3)32-29-26-14-11-8-5-2/h34H,4-33H2,1-3H3. The molecule has 0 radical (unpaired) electrons. The Morgan fingerprint density at radius 1 is 0.235 bits per heavy atom. The second kappa shape index (κ2) is 31.0. The van der Waals surface area contributed by atoms with Gasteiger partial charge in [-0.2, -0.15) is 0 Å². The summed E-state index contributed by atoms with van der Waals surface area (Å²) in [6.07, 6.45) is 44.3. The fourth-order valence-electron chi connectivity index (χ4n) is 5.66. The van der Waals surface area contributed by atoms with Crippen molar-refractivity contribution in [3.8, 4) is 0 Å². The molecule has 0 aromatic rings. The van der Waals surface area contributed by atoms with Crippen LogP contribution in [0.25, 0.3) is 0 Å².